The highest BCUT2D eigenvalue weighted by Crippen LogP contribution is 2.22. The molecule has 0 aromatic carbocycles. The Bertz CT molecular complexity index is 197. The predicted molar refractivity (Wildman–Crippen MR) is 53.8 cm³/mol. The van der Waals surface area contributed by atoms with Gasteiger partial charge in [0.25, 0.3) is 0 Å². The lowest BCUT2D eigenvalue weighted by molar-refractivity contribution is -0.137. The summed E-state index contributed by atoms with van der Waals surface area (Å²) in [6.07, 6.45) is -2.61. The van der Waals surface area contributed by atoms with Gasteiger partial charge in [0, 0.05) is 18.6 Å². The Kier molecular flexibility index (Phi) is 4.00. The van der Waals surface area contributed by atoms with Gasteiger partial charge < -0.3 is 10.2 Å². The molecule has 0 saturated carbocycles. The minimum atomic E-state index is -4.04. The van der Waals surface area contributed by atoms with Gasteiger partial charge in [-0.25, -0.2) is 0 Å². The highest BCUT2D eigenvalue weighted by molar-refractivity contribution is 4.90. The molecule has 1 heterocycles. The van der Waals surface area contributed by atoms with E-state index in [0.717, 1.165) is 19.4 Å². The summed E-state index contributed by atoms with van der Waals surface area (Å²) in [5, 5.41) is 3.34. The highest BCUT2D eigenvalue weighted by atomic mass is 19.4. The first-order chi connectivity index (χ1) is 6.81. The van der Waals surface area contributed by atoms with Crippen molar-refractivity contribution in [2.45, 2.75) is 37.9 Å². The molecule has 1 aliphatic heterocycles. The molecule has 1 fully saturated rings. The lowest BCUT2D eigenvalue weighted by Crippen LogP contribution is -2.46. The molecule has 0 aromatic heterocycles. The van der Waals surface area contributed by atoms with Gasteiger partial charge in [0.15, 0.2) is 0 Å². The molecule has 2 nitrogen and oxygen atoms in total. The lowest BCUT2D eigenvalue weighted by Gasteiger charge is -2.30. The second-order valence-electron chi connectivity index (χ2n) is 4.69. The summed E-state index contributed by atoms with van der Waals surface area (Å²) in [7, 11) is 1.75. The van der Waals surface area contributed by atoms with E-state index in [-0.39, 0.29) is 12.1 Å². The molecule has 5 heteroatoms. The molecule has 1 atom stereocenters. The summed E-state index contributed by atoms with van der Waals surface area (Å²) in [6, 6.07) is 0. The predicted octanol–water partition coefficient (Wildman–Crippen LogP) is 2.01. The first kappa shape index (κ1) is 12.8. The van der Waals surface area contributed by atoms with Crippen LogP contribution >= 0.6 is 0 Å². The summed E-state index contributed by atoms with van der Waals surface area (Å²) in [4.78, 5) is 1.76. The highest BCUT2D eigenvalue weighted by Gasteiger charge is 2.31. The van der Waals surface area contributed by atoms with E-state index in [0.29, 0.717) is 6.54 Å². The SMILES string of the molecule is CN(CCC(F)(F)F)CC1(C)CCCN1. The number of hydrogen-bond acceptors (Lipinski definition) is 2. The van der Waals surface area contributed by atoms with E-state index in [1.165, 1.54) is 0 Å². The van der Waals surface area contributed by atoms with Crippen molar-refractivity contribution in [2.24, 2.45) is 0 Å². The Morgan fingerprint density at radius 3 is 2.53 bits per heavy atom. The Morgan fingerprint density at radius 1 is 1.40 bits per heavy atom. The van der Waals surface area contributed by atoms with E-state index >= 15 is 0 Å². The molecule has 0 bridgehead atoms. The zero-order chi connectivity index (χ0) is 11.5. The molecule has 1 N–H and O–H groups in total. The fraction of sp³-hybridized carbons (Fsp3) is 1.00. The van der Waals surface area contributed by atoms with Gasteiger partial charge >= 0.3 is 6.18 Å². The zero-order valence-corrected chi connectivity index (χ0v) is 9.32. The van der Waals surface area contributed by atoms with Crippen molar-refractivity contribution in [1.29, 1.82) is 0 Å². The van der Waals surface area contributed by atoms with E-state index in [4.69, 9.17) is 0 Å². The fourth-order valence-corrected chi connectivity index (χ4v) is 2.08. The Hall–Kier alpha value is -0.290. The number of nitrogens with zero attached hydrogens (tertiary/aromatic N) is 1. The molecule has 1 aliphatic rings. The van der Waals surface area contributed by atoms with E-state index in [1.54, 1.807) is 11.9 Å². The van der Waals surface area contributed by atoms with Crippen LogP contribution in [-0.2, 0) is 0 Å². The molecular formula is C10H19F3N2. The molecule has 0 spiro atoms. The molecule has 1 rings (SSSR count). The monoisotopic (exact) mass is 224 g/mol. The van der Waals surface area contributed by atoms with Crippen LogP contribution in [0.3, 0.4) is 0 Å². The first-order valence-corrected chi connectivity index (χ1v) is 5.31. The van der Waals surface area contributed by atoms with Crippen LogP contribution in [0.4, 0.5) is 13.2 Å². The van der Waals surface area contributed by atoms with Crippen LogP contribution < -0.4 is 5.32 Å². The molecule has 0 radical (unpaired) electrons. The van der Waals surface area contributed by atoms with Gasteiger partial charge in [-0.2, -0.15) is 13.2 Å². The first-order valence-electron chi connectivity index (χ1n) is 5.31. The van der Waals surface area contributed by atoms with Crippen molar-refractivity contribution in [3.8, 4) is 0 Å². The van der Waals surface area contributed by atoms with E-state index in [1.807, 2.05) is 0 Å². The Labute approximate surface area is 88.8 Å². The second-order valence-corrected chi connectivity index (χ2v) is 4.69. The molecular weight excluding hydrogens is 205 g/mol. The quantitative estimate of drug-likeness (QED) is 0.786. The fourth-order valence-electron chi connectivity index (χ4n) is 2.08. The van der Waals surface area contributed by atoms with Crippen LogP contribution in [0.2, 0.25) is 0 Å². The van der Waals surface area contributed by atoms with E-state index in [2.05, 4.69) is 12.2 Å². The van der Waals surface area contributed by atoms with Crippen LogP contribution in [0.25, 0.3) is 0 Å². The number of halogens is 3. The topological polar surface area (TPSA) is 15.3 Å². The average Bonchev–Trinajstić information content (AvgIpc) is 2.47. The molecule has 1 saturated heterocycles. The van der Waals surface area contributed by atoms with Crippen molar-refractivity contribution in [1.82, 2.24) is 10.2 Å². The number of hydrogen-bond donors (Lipinski definition) is 1. The van der Waals surface area contributed by atoms with Gasteiger partial charge in [0.05, 0.1) is 6.42 Å². The normalized spacial score (nSPS) is 27.6. The maximum Gasteiger partial charge on any atom is 0.390 e. The molecule has 15 heavy (non-hydrogen) atoms. The zero-order valence-electron chi connectivity index (χ0n) is 9.32. The van der Waals surface area contributed by atoms with Gasteiger partial charge in [-0.1, -0.05) is 0 Å². The van der Waals surface area contributed by atoms with Gasteiger partial charge in [0.2, 0.25) is 0 Å². The maximum absolute atomic E-state index is 12.0. The molecule has 1 unspecified atom stereocenters. The number of alkyl halides is 3. The standard InChI is InChI=1S/C10H19F3N2/c1-9(4-3-6-14-9)8-15(2)7-5-10(11,12)13/h14H,3-8H2,1-2H3. The smallest absolute Gasteiger partial charge is 0.310 e. The van der Waals surface area contributed by atoms with Crippen molar-refractivity contribution >= 4 is 0 Å². The van der Waals surface area contributed by atoms with E-state index in [9.17, 15) is 13.2 Å². The number of likely N-dealkylation sites (N-methyl/N-ethyl adjacent to an activating group) is 1. The van der Waals surface area contributed by atoms with Gasteiger partial charge in [-0.15, -0.1) is 0 Å². The van der Waals surface area contributed by atoms with Crippen molar-refractivity contribution in [3.05, 3.63) is 0 Å². The number of nitrogens with one attached hydrogen (secondary N) is 1. The summed E-state index contributed by atoms with van der Waals surface area (Å²) in [5.41, 5.74) is 0.000346. The van der Waals surface area contributed by atoms with Crippen molar-refractivity contribution in [3.63, 3.8) is 0 Å². The van der Waals surface area contributed by atoms with Crippen LogP contribution in [0, 0.1) is 0 Å². The van der Waals surface area contributed by atoms with Crippen molar-refractivity contribution in [2.75, 3.05) is 26.7 Å². The summed E-state index contributed by atoms with van der Waals surface area (Å²) >= 11 is 0. The van der Waals surface area contributed by atoms with Crippen LogP contribution in [0.5, 0.6) is 0 Å². The lowest BCUT2D eigenvalue weighted by atomic mass is 10.00. The molecule has 0 aliphatic carbocycles. The minimum absolute atomic E-state index is 0.000346. The van der Waals surface area contributed by atoms with E-state index < -0.39 is 12.6 Å². The van der Waals surface area contributed by atoms with Gasteiger partial charge in [0.1, 0.15) is 0 Å². The van der Waals surface area contributed by atoms with Crippen LogP contribution in [0.1, 0.15) is 26.2 Å². The van der Waals surface area contributed by atoms with Gasteiger partial charge in [-0.3, -0.25) is 0 Å². The summed E-state index contributed by atoms with van der Waals surface area (Å²) in [6.45, 7) is 3.82. The molecule has 0 aromatic rings. The Balaban J connectivity index is 2.26. The van der Waals surface area contributed by atoms with Crippen LogP contribution in [-0.4, -0.2) is 43.3 Å². The summed E-state index contributed by atoms with van der Waals surface area (Å²) in [5.74, 6) is 0. The average molecular weight is 224 g/mol. The largest absolute Gasteiger partial charge is 0.390 e. The molecule has 0 amide bonds. The van der Waals surface area contributed by atoms with Gasteiger partial charge in [-0.05, 0) is 33.4 Å². The van der Waals surface area contributed by atoms with Crippen molar-refractivity contribution < 1.29 is 13.2 Å². The number of rotatable bonds is 4. The molecule has 90 valence electrons. The second kappa shape index (κ2) is 4.70. The summed E-state index contributed by atoms with van der Waals surface area (Å²) < 4.78 is 35.9. The third kappa shape index (κ3) is 4.84. The Morgan fingerprint density at radius 2 is 2.07 bits per heavy atom. The van der Waals surface area contributed by atoms with Crippen LogP contribution in [0.15, 0.2) is 0 Å². The maximum atomic E-state index is 12.0. The third-order valence-corrected chi connectivity index (χ3v) is 2.85. The third-order valence-electron chi connectivity index (χ3n) is 2.85. The minimum Gasteiger partial charge on any atom is -0.310 e.